The molecule has 248 valence electrons. The second-order valence-electron chi connectivity index (χ2n) is 10.9. The third kappa shape index (κ3) is 12.6. The molecule has 0 saturated carbocycles. The van der Waals surface area contributed by atoms with E-state index in [9.17, 15) is 28.8 Å². The van der Waals surface area contributed by atoms with Crippen LogP contribution in [0.3, 0.4) is 0 Å². The van der Waals surface area contributed by atoms with Gasteiger partial charge in [-0.05, 0) is 16.7 Å². The van der Waals surface area contributed by atoms with Crippen molar-refractivity contribution in [3.8, 4) is 0 Å². The second-order valence-corrected chi connectivity index (χ2v) is 11.2. The molecule has 0 spiro atoms. The second kappa shape index (κ2) is 18.7. The lowest BCUT2D eigenvalue weighted by Gasteiger charge is -2.24. The number of carbonyl (C=O) groups excluding carboxylic acids is 6. The first-order valence-electron chi connectivity index (χ1n) is 15.0. The molecule has 13 heteroatoms. The molecule has 0 aromatic heterocycles. The smallest absolute Gasteiger partial charge is 0.244 e. The summed E-state index contributed by atoms with van der Waals surface area (Å²) in [5.41, 5.74) is 7.86. The summed E-state index contributed by atoms with van der Waals surface area (Å²) in [5, 5.41) is 12.9. The van der Waals surface area contributed by atoms with Gasteiger partial charge in [-0.2, -0.15) is 12.6 Å². The molecule has 3 aromatic rings. The van der Waals surface area contributed by atoms with Crippen LogP contribution in [0.15, 0.2) is 91.0 Å². The van der Waals surface area contributed by atoms with Gasteiger partial charge in [0.1, 0.15) is 24.2 Å². The van der Waals surface area contributed by atoms with Gasteiger partial charge in [0.15, 0.2) is 0 Å². The molecule has 47 heavy (non-hydrogen) atoms. The number of nitrogens with two attached hydrogens (primary N) is 1. The summed E-state index contributed by atoms with van der Waals surface area (Å²) in [5.74, 6) is -3.85. The summed E-state index contributed by atoms with van der Waals surface area (Å²) in [6.45, 7) is 0.818. The third-order valence-electron chi connectivity index (χ3n) is 7.09. The molecule has 0 aliphatic heterocycles. The van der Waals surface area contributed by atoms with Crippen molar-refractivity contribution in [3.05, 3.63) is 108 Å². The number of hydrogen-bond donors (Lipinski definition) is 7. The number of carbonyl (C=O) groups is 6. The number of hydrogen-bond acceptors (Lipinski definition) is 7. The van der Waals surface area contributed by atoms with Crippen LogP contribution in [0.25, 0.3) is 0 Å². The number of rotatable bonds is 17. The molecule has 6 amide bonds. The Labute approximate surface area is 279 Å². The molecule has 3 rings (SSSR count). The first-order chi connectivity index (χ1) is 22.5. The van der Waals surface area contributed by atoms with E-state index in [-0.39, 0.29) is 25.0 Å². The van der Waals surface area contributed by atoms with Gasteiger partial charge in [-0.3, -0.25) is 28.8 Å². The number of thiol groups is 1. The maximum atomic E-state index is 13.5. The number of nitrogens with one attached hydrogen (secondary N) is 5. The fourth-order valence-electron chi connectivity index (χ4n) is 4.71. The van der Waals surface area contributed by atoms with E-state index in [1.54, 1.807) is 54.6 Å². The van der Waals surface area contributed by atoms with Crippen LogP contribution in [0.1, 0.15) is 23.6 Å². The van der Waals surface area contributed by atoms with E-state index in [0.29, 0.717) is 0 Å². The predicted octanol–water partition coefficient (Wildman–Crippen LogP) is 0.205. The Balaban J connectivity index is 1.66. The molecule has 0 saturated heterocycles. The van der Waals surface area contributed by atoms with Gasteiger partial charge in [0.25, 0.3) is 0 Å². The van der Waals surface area contributed by atoms with Gasteiger partial charge in [-0.25, -0.2) is 0 Å². The first kappa shape index (κ1) is 36.3. The summed E-state index contributed by atoms with van der Waals surface area (Å²) in [4.78, 5) is 76.4. The SMILES string of the molecule is CC(=O)NC(Cc1ccccc1)C(=O)NCC(=O)NC(Cc1ccccc1)C(=O)N[C@@H](CS)C(=O)NC(Cc1ccccc1)C(N)=O. The summed E-state index contributed by atoms with van der Waals surface area (Å²) in [7, 11) is 0. The van der Waals surface area contributed by atoms with Crippen LogP contribution in [0.2, 0.25) is 0 Å². The van der Waals surface area contributed by atoms with Crippen molar-refractivity contribution < 1.29 is 28.8 Å². The fourth-order valence-corrected chi connectivity index (χ4v) is 4.97. The maximum Gasteiger partial charge on any atom is 0.244 e. The molecule has 7 N–H and O–H groups in total. The minimum atomic E-state index is -1.16. The Morgan fingerprint density at radius 1 is 0.574 bits per heavy atom. The van der Waals surface area contributed by atoms with Crippen LogP contribution in [0.5, 0.6) is 0 Å². The lowest BCUT2D eigenvalue weighted by atomic mass is 10.0. The van der Waals surface area contributed by atoms with E-state index >= 15 is 0 Å². The van der Waals surface area contributed by atoms with Crippen molar-refractivity contribution in [3.63, 3.8) is 0 Å². The number of amides is 6. The highest BCUT2D eigenvalue weighted by molar-refractivity contribution is 7.80. The highest BCUT2D eigenvalue weighted by Gasteiger charge is 2.29. The quantitative estimate of drug-likeness (QED) is 0.101. The van der Waals surface area contributed by atoms with E-state index in [1.807, 2.05) is 36.4 Å². The van der Waals surface area contributed by atoms with E-state index < -0.39 is 66.2 Å². The van der Waals surface area contributed by atoms with Crippen molar-refractivity contribution >= 4 is 48.1 Å². The van der Waals surface area contributed by atoms with Crippen molar-refractivity contribution in [2.24, 2.45) is 5.73 Å². The van der Waals surface area contributed by atoms with Crippen LogP contribution in [0.4, 0.5) is 0 Å². The molecule has 0 aliphatic rings. The largest absolute Gasteiger partial charge is 0.368 e. The summed E-state index contributed by atoms with van der Waals surface area (Å²) in [6.07, 6.45) is 0.442. The number of primary amides is 1. The highest BCUT2D eigenvalue weighted by atomic mass is 32.1. The normalized spacial score (nSPS) is 13.1. The molecular formula is C34H40N6O6S. The minimum Gasteiger partial charge on any atom is -0.368 e. The Bertz CT molecular complexity index is 1510. The molecular weight excluding hydrogens is 620 g/mol. The fraction of sp³-hybridized carbons (Fsp3) is 0.294. The maximum absolute atomic E-state index is 13.5. The van der Waals surface area contributed by atoms with Crippen molar-refractivity contribution in [2.45, 2.75) is 50.4 Å². The Morgan fingerprint density at radius 3 is 1.40 bits per heavy atom. The molecule has 0 radical (unpaired) electrons. The van der Waals surface area contributed by atoms with Crippen LogP contribution >= 0.6 is 12.6 Å². The Hall–Kier alpha value is -5.17. The van der Waals surface area contributed by atoms with E-state index in [4.69, 9.17) is 5.73 Å². The van der Waals surface area contributed by atoms with E-state index in [1.165, 1.54) is 6.92 Å². The monoisotopic (exact) mass is 660 g/mol. The van der Waals surface area contributed by atoms with Crippen LogP contribution in [-0.2, 0) is 48.0 Å². The van der Waals surface area contributed by atoms with Crippen LogP contribution in [-0.4, -0.2) is 71.9 Å². The van der Waals surface area contributed by atoms with Crippen LogP contribution in [0, 0.1) is 0 Å². The van der Waals surface area contributed by atoms with E-state index in [2.05, 4.69) is 39.2 Å². The predicted molar refractivity (Wildman–Crippen MR) is 180 cm³/mol. The summed E-state index contributed by atoms with van der Waals surface area (Å²) in [6, 6.07) is 22.8. The van der Waals surface area contributed by atoms with Gasteiger partial charge in [0.05, 0.1) is 6.54 Å². The number of benzene rings is 3. The molecule has 0 heterocycles. The van der Waals surface area contributed by atoms with Gasteiger partial charge in [-0.15, -0.1) is 0 Å². The molecule has 0 bridgehead atoms. The Morgan fingerprint density at radius 2 is 0.979 bits per heavy atom. The Kier molecular flexibility index (Phi) is 14.5. The average Bonchev–Trinajstić information content (AvgIpc) is 3.06. The topological polar surface area (TPSA) is 189 Å². The first-order valence-corrected chi connectivity index (χ1v) is 15.7. The van der Waals surface area contributed by atoms with Gasteiger partial charge < -0.3 is 32.3 Å². The lowest BCUT2D eigenvalue weighted by molar-refractivity contribution is -0.133. The molecule has 4 atom stereocenters. The molecule has 0 fully saturated rings. The van der Waals surface area contributed by atoms with Crippen molar-refractivity contribution in [1.29, 1.82) is 0 Å². The van der Waals surface area contributed by atoms with Gasteiger partial charge in [-0.1, -0.05) is 91.0 Å². The summed E-state index contributed by atoms with van der Waals surface area (Å²) >= 11 is 4.22. The van der Waals surface area contributed by atoms with Crippen molar-refractivity contribution in [1.82, 2.24) is 26.6 Å². The molecule has 3 unspecified atom stereocenters. The standard InChI is InChI=1S/C34H40N6O6S/c1-22(41)37-27(18-24-13-7-3-8-14-24)32(44)36-20-30(42)38-28(19-25-15-9-4-10-16-25)33(45)40-29(21-47)34(46)39-26(31(35)43)17-23-11-5-2-6-12-23/h2-16,26-29,47H,17-21H2,1H3,(H2,35,43)(H,36,44)(H,37,41)(H,38,42)(H,39,46)(H,40,45)/t26?,27?,28?,29-/m0/s1. The molecule has 3 aromatic carbocycles. The minimum absolute atomic E-state index is 0.0771. The zero-order valence-corrected chi connectivity index (χ0v) is 26.9. The van der Waals surface area contributed by atoms with Crippen molar-refractivity contribution in [2.75, 3.05) is 12.3 Å². The highest BCUT2D eigenvalue weighted by Crippen LogP contribution is 2.07. The lowest BCUT2D eigenvalue weighted by Crippen LogP contribution is -2.58. The van der Waals surface area contributed by atoms with Gasteiger partial charge >= 0.3 is 0 Å². The van der Waals surface area contributed by atoms with Gasteiger partial charge in [0.2, 0.25) is 35.4 Å². The third-order valence-corrected chi connectivity index (χ3v) is 7.46. The zero-order chi connectivity index (χ0) is 34.2. The molecule has 12 nitrogen and oxygen atoms in total. The van der Waals surface area contributed by atoms with E-state index in [0.717, 1.165) is 16.7 Å². The van der Waals surface area contributed by atoms with Gasteiger partial charge in [0, 0.05) is 31.9 Å². The zero-order valence-electron chi connectivity index (χ0n) is 26.0. The summed E-state index contributed by atoms with van der Waals surface area (Å²) < 4.78 is 0. The molecule has 0 aliphatic carbocycles. The van der Waals surface area contributed by atoms with Crippen LogP contribution < -0.4 is 32.3 Å². The average molecular weight is 661 g/mol.